The third-order valence-corrected chi connectivity index (χ3v) is 5.12. The van der Waals surface area contributed by atoms with Crippen molar-refractivity contribution in [3.05, 3.63) is 35.6 Å². The highest BCUT2D eigenvalue weighted by Crippen LogP contribution is 2.37. The van der Waals surface area contributed by atoms with Crippen LogP contribution in [0.15, 0.2) is 24.3 Å². The van der Waals surface area contributed by atoms with E-state index < -0.39 is 15.6 Å². The van der Waals surface area contributed by atoms with Crippen LogP contribution in [0.2, 0.25) is 0 Å². The zero-order valence-corrected chi connectivity index (χ0v) is 11.8. The monoisotopic (exact) mass is 287 g/mol. The summed E-state index contributed by atoms with van der Waals surface area (Å²) < 4.78 is 37.3. The van der Waals surface area contributed by atoms with E-state index in [1.165, 1.54) is 22.7 Å². The predicted molar refractivity (Wildman–Crippen MR) is 70.5 cm³/mol. The van der Waals surface area contributed by atoms with Gasteiger partial charge in [0.25, 0.3) is 0 Å². The fourth-order valence-corrected chi connectivity index (χ4v) is 3.48. The molecule has 1 saturated heterocycles. The molecule has 1 fully saturated rings. The van der Waals surface area contributed by atoms with Gasteiger partial charge in [0.2, 0.25) is 10.0 Å². The second-order valence-electron chi connectivity index (χ2n) is 5.20. The molecule has 0 aliphatic carbocycles. The molecule has 2 unspecified atom stereocenters. The van der Waals surface area contributed by atoms with Gasteiger partial charge < -0.3 is 5.11 Å². The topological polar surface area (TPSA) is 57.6 Å². The minimum absolute atomic E-state index is 0.249. The Morgan fingerprint density at radius 3 is 2.42 bits per heavy atom. The van der Waals surface area contributed by atoms with E-state index >= 15 is 0 Å². The van der Waals surface area contributed by atoms with Gasteiger partial charge in [-0.05, 0) is 24.1 Å². The fourth-order valence-electron chi connectivity index (χ4n) is 2.56. The van der Waals surface area contributed by atoms with Crippen LogP contribution < -0.4 is 0 Å². The number of aliphatic hydroxyl groups is 1. The highest BCUT2D eigenvalue weighted by atomic mass is 32.2. The molecular weight excluding hydrogens is 269 g/mol. The van der Waals surface area contributed by atoms with Crippen LogP contribution in [0.3, 0.4) is 0 Å². The molecule has 1 aromatic rings. The molecule has 2 atom stereocenters. The Morgan fingerprint density at radius 2 is 1.95 bits per heavy atom. The number of sulfonamides is 1. The molecule has 0 radical (unpaired) electrons. The number of nitrogens with zero attached hydrogens (tertiary/aromatic N) is 1. The number of benzene rings is 1. The van der Waals surface area contributed by atoms with E-state index in [-0.39, 0.29) is 24.8 Å². The lowest BCUT2D eigenvalue weighted by atomic mass is 9.77. The summed E-state index contributed by atoms with van der Waals surface area (Å²) in [5, 5.41) is 10.7. The Hall–Kier alpha value is -0.980. The zero-order chi connectivity index (χ0) is 14.3. The molecule has 4 nitrogen and oxygen atoms in total. The highest BCUT2D eigenvalue weighted by Gasteiger charge is 2.42. The molecule has 1 aliphatic heterocycles. The van der Waals surface area contributed by atoms with Gasteiger partial charge in [-0.2, -0.15) is 0 Å². The Kier molecular flexibility index (Phi) is 3.68. The van der Waals surface area contributed by atoms with Crippen molar-refractivity contribution in [3.63, 3.8) is 0 Å². The van der Waals surface area contributed by atoms with Crippen LogP contribution in [0.25, 0.3) is 0 Å². The third kappa shape index (κ3) is 2.80. The maximum absolute atomic E-state index is 12.9. The van der Waals surface area contributed by atoms with Gasteiger partial charge in [-0.3, -0.25) is 0 Å². The van der Waals surface area contributed by atoms with Crippen LogP contribution in [0.4, 0.5) is 4.39 Å². The molecule has 1 heterocycles. The van der Waals surface area contributed by atoms with Gasteiger partial charge in [0, 0.05) is 19.0 Å². The van der Waals surface area contributed by atoms with Crippen LogP contribution in [-0.2, 0) is 15.6 Å². The van der Waals surface area contributed by atoms with Crippen molar-refractivity contribution in [1.29, 1.82) is 0 Å². The van der Waals surface area contributed by atoms with Gasteiger partial charge in [-0.15, -0.1) is 0 Å². The van der Waals surface area contributed by atoms with Gasteiger partial charge in [0.05, 0.1) is 11.9 Å². The van der Waals surface area contributed by atoms with Crippen molar-refractivity contribution < 1.29 is 17.9 Å². The van der Waals surface area contributed by atoms with E-state index in [1.54, 1.807) is 19.1 Å². The second kappa shape index (κ2) is 4.85. The van der Waals surface area contributed by atoms with E-state index in [0.29, 0.717) is 12.0 Å². The molecule has 1 N–H and O–H groups in total. The predicted octanol–water partition coefficient (Wildman–Crippen LogP) is 1.31. The second-order valence-corrected chi connectivity index (χ2v) is 7.19. The smallest absolute Gasteiger partial charge is 0.211 e. The van der Waals surface area contributed by atoms with E-state index in [2.05, 4.69) is 0 Å². The minimum Gasteiger partial charge on any atom is -0.385 e. The van der Waals surface area contributed by atoms with Gasteiger partial charge in [0.1, 0.15) is 5.82 Å². The minimum atomic E-state index is -3.24. The van der Waals surface area contributed by atoms with Crippen LogP contribution in [-0.4, -0.2) is 37.2 Å². The number of hydrogen-bond donors (Lipinski definition) is 1. The van der Waals surface area contributed by atoms with Crippen molar-refractivity contribution in [2.75, 3.05) is 19.3 Å². The first-order valence-electron chi connectivity index (χ1n) is 6.17. The average Bonchev–Trinajstić information content (AvgIpc) is 2.32. The Morgan fingerprint density at radius 1 is 1.37 bits per heavy atom. The lowest BCUT2D eigenvalue weighted by Crippen LogP contribution is -2.50. The van der Waals surface area contributed by atoms with E-state index in [4.69, 9.17) is 0 Å². The molecule has 0 amide bonds. The first kappa shape index (κ1) is 14.4. The first-order chi connectivity index (χ1) is 8.73. The summed E-state index contributed by atoms with van der Waals surface area (Å²) in [6.45, 7) is 2.35. The van der Waals surface area contributed by atoms with Gasteiger partial charge in [-0.1, -0.05) is 19.1 Å². The zero-order valence-electron chi connectivity index (χ0n) is 11.0. The van der Waals surface area contributed by atoms with Crippen LogP contribution in [0.1, 0.15) is 18.9 Å². The van der Waals surface area contributed by atoms with Gasteiger partial charge in [-0.25, -0.2) is 17.1 Å². The molecule has 6 heteroatoms. The molecule has 1 aliphatic rings. The summed E-state index contributed by atoms with van der Waals surface area (Å²) in [6, 6.07) is 5.73. The van der Waals surface area contributed by atoms with E-state index in [1.807, 2.05) is 0 Å². The first-order valence-corrected chi connectivity index (χ1v) is 8.02. The molecule has 19 heavy (non-hydrogen) atoms. The summed E-state index contributed by atoms with van der Waals surface area (Å²) in [4.78, 5) is 0. The summed E-state index contributed by atoms with van der Waals surface area (Å²) in [5.41, 5.74) is -0.468. The molecule has 0 spiro atoms. The largest absolute Gasteiger partial charge is 0.385 e. The highest BCUT2D eigenvalue weighted by molar-refractivity contribution is 7.88. The Bertz CT molecular complexity index is 558. The van der Waals surface area contributed by atoms with Gasteiger partial charge in [0.15, 0.2) is 0 Å². The SMILES string of the molecule is CC1CN(S(C)(=O)=O)CCC1(O)c1ccc(F)cc1. The summed E-state index contributed by atoms with van der Waals surface area (Å²) in [7, 11) is -3.24. The number of piperidine rings is 1. The number of rotatable bonds is 2. The third-order valence-electron chi connectivity index (χ3n) is 3.85. The normalized spacial score (nSPS) is 29.4. The van der Waals surface area contributed by atoms with Crippen LogP contribution in [0.5, 0.6) is 0 Å². The number of hydrogen-bond acceptors (Lipinski definition) is 3. The Balaban J connectivity index is 2.25. The maximum Gasteiger partial charge on any atom is 0.211 e. The molecule has 106 valence electrons. The molecule has 0 bridgehead atoms. The lowest BCUT2D eigenvalue weighted by Gasteiger charge is -2.42. The van der Waals surface area contributed by atoms with Crippen LogP contribution >= 0.6 is 0 Å². The quantitative estimate of drug-likeness (QED) is 0.892. The fraction of sp³-hybridized carbons (Fsp3) is 0.538. The molecule has 0 aromatic heterocycles. The molecule has 2 rings (SSSR count). The average molecular weight is 287 g/mol. The molecule has 0 saturated carbocycles. The van der Waals surface area contributed by atoms with Crippen molar-refractivity contribution in [2.24, 2.45) is 5.92 Å². The van der Waals surface area contributed by atoms with Crippen molar-refractivity contribution in [2.45, 2.75) is 18.9 Å². The summed E-state index contributed by atoms with van der Waals surface area (Å²) >= 11 is 0. The standard InChI is InChI=1S/C13H18FNO3S/c1-10-9-15(19(2,17)18)8-7-13(10,16)11-3-5-12(14)6-4-11/h3-6,10,16H,7-9H2,1-2H3. The molecule has 1 aromatic carbocycles. The van der Waals surface area contributed by atoms with E-state index in [0.717, 1.165) is 0 Å². The van der Waals surface area contributed by atoms with Crippen molar-refractivity contribution >= 4 is 10.0 Å². The van der Waals surface area contributed by atoms with Gasteiger partial charge >= 0.3 is 0 Å². The Labute approximate surface area is 112 Å². The lowest BCUT2D eigenvalue weighted by molar-refractivity contribution is -0.0553. The summed E-state index contributed by atoms with van der Waals surface area (Å²) in [6.07, 6.45) is 1.48. The number of halogens is 1. The van der Waals surface area contributed by atoms with Crippen molar-refractivity contribution in [3.8, 4) is 0 Å². The summed E-state index contributed by atoms with van der Waals surface area (Å²) in [5.74, 6) is -0.602. The van der Waals surface area contributed by atoms with Crippen molar-refractivity contribution in [1.82, 2.24) is 4.31 Å². The molecular formula is C13H18FNO3S. The van der Waals surface area contributed by atoms with E-state index in [9.17, 15) is 17.9 Å². The van der Waals surface area contributed by atoms with Crippen LogP contribution in [0, 0.1) is 11.7 Å². The maximum atomic E-state index is 12.9.